The van der Waals surface area contributed by atoms with E-state index in [0.29, 0.717) is 18.2 Å². The zero-order valence-electron chi connectivity index (χ0n) is 18.2. The van der Waals surface area contributed by atoms with Gasteiger partial charge in [0.2, 0.25) is 0 Å². The average Bonchev–Trinajstić information content (AvgIpc) is 3.21. The minimum absolute atomic E-state index is 0.232. The number of esters is 1. The first-order valence-electron chi connectivity index (χ1n) is 11.6. The number of rotatable bonds is 7. The normalized spacial score (nSPS) is 20.4. The van der Waals surface area contributed by atoms with Crippen LogP contribution in [0.3, 0.4) is 0 Å². The highest BCUT2D eigenvalue weighted by atomic mass is 16.5. The molecule has 2 aliphatic heterocycles. The van der Waals surface area contributed by atoms with Gasteiger partial charge in [-0.05, 0) is 81.1 Å². The second kappa shape index (κ2) is 10.2. The van der Waals surface area contributed by atoms with Crippen molar-refractivity contribution in [1.82, 2.24) is 9.80 Å². The summed E-state index contributed by atoms with van der Waals surface area (Å²) in [7, 11) is 0. The van der Waals surface area contributed by atoms with Crippen LogP contribution in [0.5, 0.6) is 0 Å². The SMILES string of the molecule is CCOC(=O)c1ccc(-c2ccccc2)c(CN2CCCC2CN2CCCCC2)c1. The molecule has 0 aliphatic carbocycles. The van der Waals surface area contributed by atoms with Crippen LogP contribution in [0.15, 0.2) is 48.5 Å². The number of carbonyl (C=O) groups is 1. The summed E-state index contributed by atoms with van der Waals surface area (Å²) >= 11 is 0. The van der Waals surface area contributed by atoms with Crippen molar-refractivity contribution in [2.45, 2.75) is 51.6 Å². The van der Waals surface area contributed by atoms with Crippen molar-refractivity contribution in [3.05, 3.63) is 59.7 Å². The van der Waals surface area contributed by atoms with Crippen molar-refractivity contribution in [3.8, 4) is 11.1 Å². The van der Waals surface area contributed by atoms with E-state index in [4.69, 9.17) is 4.74 Å². The zero-order valence-corrected chi connectivity index (χ0v) is 18.2. The Labute approximate surface area is 180 Å². The lowest BCUT2D eigenvalue weighted by Crippen LogP contribution is -2.42. The van der Waals surface area contributed by atoms with Crippen molar-refractivity contribution < 1.29 is 9.53 Å². The van der Waals surface area contributed by atoms with Gasteiger partial charge in [-0.2, -0.15) is 0 Å². The molecule has 2 aromatic rings. The number of carbonyl (C=O) groups excluding carboxylic acids is 1. The van der Waals surface area contributed by atoms with E-state index in [9.17, 15) is 4.79 Å². The van der Waals surface area contributed by atoms with E-state index in [1.165, 1.54) is 68.4 Å². The molecule has 0 radical (unpaired) electrons. The van der Waals surface area contributed by atoms with Gasteiger partial charge in [0.05, 0.1) is 12.2 Å². The van der Waals surface area contributed by atoms with E-state index in [-0.39, 0.29) is 5.97 Å². The highest BCUT2D eigenvalue weighted by Gasteiger charge is 2.28. The van der Waals surface area contributed by atoms with Gasteiger partial charge in [-0.15, -0.1) is 0 Å². The van der Waals surface area contributed by atoms with Gasteiger partial charge >= 0.3 is 5.97 Å². The number of likely N-dealkylation sites (tertiary alicyclic amines) is 2. The zero-order chi connectivity index (χ0) is 20.8. The van der Waals surface area contributed by atoms with Gasteiger partial charge < -0.3 is 9.64 Å². The third-order valence-corrected chi connectivity index (χ3v) is 6.49. The molecule has 2 aliphatic rings. The second-order valence-electron chi connectivity index (χ2n) is 8.59. The molecular weight excluding hydrogens is 372 g/mol. The first-order chi connectivity index (χ1) is 14.7. The predicted octanol–water partition coefficient (Wildman–Crippen LogP) is 4.98. The monoisotopic (exact) mass is 406 g/mol. The van der Waals surface area contributed by atoms with E-state index in [1.807, 2.05) is 19.1 Å². The fraction of sp³-hybridized carbons (Fsp3) is 0.500. The summed E-state index contributed by atoms with van der Waals surface area (Å²) in [6.45, 7) is 7.95. The molecule has 4 heteroatoms. The summed E-state index contributed by atoms with van der Waals surface area (Å²) in [6, 6.07) is 17.2. The maximum atomic E-state index is 12.4. The van der Waals surface area contributed by atoms with Gasteiger partial charge in [0.1, 0.15) is 0 Å². The molecule has 0 N–H and O–H groups in total. The summed E-state index contributed by atoms with van der Waals surface area (Å²) in [5.41, 5.74) is 4.29. The number of benzene rings is 2. The molecule has 4 nitrogen and oxygen atoms in total. The van der Waals surface area contributed by atoms with Crippen LogP contribution in [-0.4, -0.2) is 54.6 Å². The van der Waals surface area contributed by atoms with E-state index >= 15 is 0 Å². The maximum Gasteiger partial charge on any atom is 0.338 e. The Hall–Kier alpha value is -2.17. The molecule has 2 saturated heterocycles. The third kappa shape index (κ3) is 5.11. The third-order valence-electron chi connectivity index (χ3n) is 6.49. The Morgan fingerprint density at radius 3 is 2.57 bits per heavy atom. The maximum absolute atomic E-state index is 12.4. The first kappa shape index (κ1) is 21.1. The molecule has 30 heavy (non-hydrogen) atoms. The summed E-state index contributed by atoms with van der Waals surface area (Å²) in [6.07, 6.45) is 6.59. The highest BCUT2D eigenvalue weighted by Crippen LogP contribution is 2.29. The lowest BCUT2D eigenvalue weighted by atomic mass is 9.96. The molecule has 2 aromatic carbocycles. The molecule has 0 amide bonds. The van der Waals surface area contributed by atoms with Crippen molar-refractivity contribution >= 4 is 5.97 Å². The Morgan fingerprint density at radius 1 is 1.00 bits per heavy atom. The molecule has 2 fully saturated rings. The van der Waals surface area contributed by atoms with E-state index < -0.39 is 0 Å². The van der Waals surface area contributed by atoms with Gasteiger partial charge in [0.15, 0.2) is 0 Å². The van der Waals surface area contributed by atoms with Crippen LogP contribution in [0.1, 0.15) is 54.9 Å². The second-order valence-corrected chi connectivity index (χ2v) is 8.59. The Balaban J connectivity index is 1.57. The van der Waals surface area contributed by atoms with Crippen LogP contribution in [0.2, 0.25) is 0 Å². The van der Waals surface area contributed by atoms with Crippen molar-refractivity contribution in [3.63, 3.8) is 0 Å². The number of ether oxygens (including phenoxy) is 1. The smallest absolute Gasteiger partial charge is 0.338 e. The van der Waals surface area contributed by atoms with Crippen LogP contribution in [0.4, 0.5) is 0 Å². The summed E-state index contributed by atoms with van der Waals surface area (Å²) < 4.78 is 5.26. The average molecular weight is 407 g/mol. The minimum Gasteiger partial charge on any atom is -0.462 e. The minimum atomic E-state index is -0.232. The molecular formula is C26H34N2O2. The van der Waals surface area contributed by atoms with E-state index in [1.54, 1.807) is 0 Å². The van der Waals surface area contributed by atoms with E-state index in [0.717, 1.165) is 13.1 Å². The van der Waals surface area contributed by atoms with Gasteiger partial charge in [-0.1, -0.05) is 42.8 Å². The van der Waals surface area contributed by atoms with Gasteiger partial charge in [0.25, 0.3) is 0 Å². The number of nitrogens with zero attached hydrogens (tertiary/aromatic N) is 2. The fourth-order valence-electron chi connectivity index (χ4n) is 4.93. The quantitative estimate of drug-likeness (QED) is 0.607. The van der Waals surface area contributed by atoms with Gasteiger partial charge in [-0.25, -0.2) is 4.79 Å². The molecule has 1 atom stereocenters. The molecule has 1 unspecified atom stereocenters. The molecule has 0 bridgehead atoms. The lowest BCUT2D eigenvalue weighted by Gasteiger charge is -2.33. The lowest BCUT2D eigenvalue weighted by molar-refractivity contribution is 0.0526. The fourth-order valence-corrected chi connectivity index (χ4v) is 4.93. The molecule has 4 rings (SSSR count). The summed E-state index contributed by atoms with van der Waals surface area (Å²) in [4.78, 5) is 17.6. The number of hydrogen-bond donors (Lipinski definition) is 0. The predicted molar refractivity (Wildman–Crippen MR) is 122 cm³/mol. The van der Waals surface area contributed by atoms with Crippen LogP contribution < -0.4 is 0 Å². The van der Waals surface area contributed by atoms with Crippen LogP contribution in [0, 0.1) is 0 Å². The standard InChI is InChI=1S/C26H34N2O2/c1-2-30-26(29)22-13-14-25(21-10-5-3-6-11-21)23(18-22)19-28-17-9-12-24(28)20-27-15-7-4-8-16-27/h3,5-6,10-11,13-14,18,24H,2,4,7-9,12,15-17,19-20H2,1H3. The van der Waals surface area contributed by atoms with Crippen molar-refractivity contribution in [2.24, 2.45) is 0 Å². The number of hydrogen-bond acceptors (Lipinski definition) is 4. The first-order valence-corrected chi connectivity index (χ1v) is 11.6. The molecule has 0 aromatic heterocycles. The number of piperidine rings is 1. The Bertz CT molecular complexity index is 830. The topological polar surface area (TPSA) is 32.8 Å². The largest absolute Gasteiger partial charge is 0.462 e. The molecule has 0 saturated carbocycles. The molecule has 2 heterocycles. The van der Waals surface area contributed by atoms with E-state index in [2.05, 4.69) is 46.2 Å². The van der Waals surface area contributed by atoms with Gasteiger partial charge in [-0.3, -0.25) is 4.90 Å². The van der Waals surface area contributed by atoms with Crippen molar-refractivity contribution in [2.75, 3.05) is 32.8 Å². The summed E-state index contributed by atoms with van der Waals surface area (Å²) in [5, 5.41) is 0. The Kier molecular flexibility index (Phi) is 7.19. The van der Waals surface area contributed by atoms with Gasteiger partial charge in [0, 0.05) is 19.1 Å². The Morgan fingerprint density at radius 2 is 1.80 bits per heavy atom. The van der Waals surface area contributed by atoms with Crippen LogP contribution >= 0.6 is 0 Å². The summed E-state index contributed by atoms with van der Waals surface area (Å²) in [5.74, 6) is -0.232. The molecule has 160 valence electrons. The molecule has 0 spiro atoms. The highest BCUT2D eigenvalue weighted by molar-refractivity contribution is 5.90. The van der Waals surface area contributed by atoms with Crippen molar-refractivity contribution in [1.29, 1.82) is 0 Å². The van der Waals surface area contributed by atoms with Crippen LogP contribution in [0.25, 0.3) is 11.1 Å². The van der Waals surface area contributed by atoms with Crippen LogP contribution in [-0.2, 0) is 11.3 Å².